The zero-order chi connectivity index (χ0) is 15.5. The van der Waals surface area contributed by atoms with Crippen molar-refractivity contribution in [1.82, 2.24) is 5.32 Å². The summed E-state index contributed by atoms with van der Waals surface area (Å²) >= 11 is 5.90. The maximum absolute atomic E-state index is 11.4. The Morgan fingerprint density at radius 3 is 2.45 bits per heavy atom. The summed E-state index contributed by atoms with van der Waals surface area (Å²) in [5, 5.41) is 15.2. The van der Waals surface area contributed by atoms with E-state index in [1.807, 2.05) is 30.3 Å². The second-order valence-corrected chi connectivity index (χ2v) is 6.11. The summed E-state index contributed by atoms with van der Waals surface area (Å²) < 4.78 is 0. The van der Waals surface area contributed by atoms with Crippen molar-refractivity contribution in [3.05, 3.63) is 80.9 Å². The van der Waals surface area contributed by atoms with E-state index >= 15 is 0 Å². The third kappa shape index (κ3) is 3.29. The van der Waals surface area contributed by atoms with Crippen molar-refractivity contribution in [3.63, 3.8) is 0 Å². The molecule has 3 rings (SSSR count). The molecule has 0 aliphatic carbocycles. The van der Waals surface area contributed by atoms with Crippen LogP contribution in [0.1, 0.15) is 23.5 Å². The zero-order valence-corrected chi connectivity index (χ0v) is 12.7. The standard InChI is InChI=1S/C17H17ClN2O2/c18-14-8-6-13(7-9-14)16-11-15(19-17(16)20(21)22)10-12-4-2-1-3-5-12/h1-9,15-17,19H,10-11H2. The quantitative estimate of drug-likeness (QED) is 0.692. The molecule has 4 nitrogen and oxygen atoms in total. The van der Waals surface area contributed by atoms with E-state index in [1.165, 1.54) is 5.56 Å². The van der Waals surface area contributed by atoms with E-state index in [1.54, 1.807) is 12.1 Å². The van der Waals surface area contributed by atoms with Crippen LogP contribution in [0.4, 0.5) is 0 Å². The monoisotopic (exact) mass is 316 g/mol. The van der Waals surface area contributed by atoms with Gasteiger partial charge >= 0.3 is 0 Å². The number of nitrogens with zero attached hydrogens (tertiary/aromatic N) is 1. The van der Waals surface area contributed by atoms with E-state index in [9.17, 15) is 10.1 Å². The Morgan fingerprint density at radius 2 is 1.82 bits per heavy atom. The highest BCUT2D eigenvalue weighted by Crippen LogP contribution is 2.33. The predicted octanol–water partition coefficient (Wildman–Crippen LogP) is 3.63. The summed E-state index contributed by atoms with van der Waals surface area (Å²) in [7, 11) is 0. The van der Waals surface area contributed by atoms with Crippen molar-refractivity contribution in [1.29, 1.82) is 0 Å². The van der Waals surface area contributed by atoms with E-state index in [0.717, 1.165) is 18.4 Å². The first-order valence-corrected chi connectivity index (χ1v) is 7.70. The van der Waals surface area contributed by atoms with Crippen LogP contribution in [-0.4, -0.2) is 17.1 Å². The Bertz CT molecular complexity index is 645. The molecule has 3 unspecified atom stereocenters. The lowest BCUT2D eigenvalue weighted by Gasteiger charge is -2.12. The number of nitrogens with one attached hydrogen (secondary N) is 1. The van der Waals surface area contributed by atoms with Crippen LogP contribution >= 0.6 is 11.6 Å². The third-order valence-electron chi connectivity index (χ3n) is 4.18. The van der Waals surface area contributed by atoms with Crippen molar-refractivity contribution >= 4 is 11.6 Å². The van der Waals surface area contributed by atoms with Gasteiger partial charge in [-0.25, -0.2) is 0 Å². The summed E-state index contributed by atoms with van der Waals surface area (Å²) in [5.41, 5.74) is 2.16. The normalized spacial score (nSPS) is 24.3. The van der Waals surface area contributed by atoms with Gasteiger partial charge in [0.05, 0.1) is 5.92 Å². The van der Waals surface area contributed by atoms with E-state index in [0.29, 0.717) is 5.02 Å². The zero-order valence-electron chi connectivity index (χ0n) is 12.0. The molecule has 0 spiro atoms. The molecule has 2 aromatic carbocycles. The third-order valence-corrected chi connectivity index (χ3v) is 4.43. The molecule has 0 aromatic heterocycles. The fraction of sp³-hybridized carbons (Fsp3) is 0.294. The van der Waals surface area contributed by atoms with Crippen molar-refractivity contribution < 1.29 is 4.92 Å². The highest BCUT2D eigenvalue weighted by molar-refractivity contribution is 6.30. The fourth-order valence-corrected chi connectivity index (χ4v) is 3.26. The molecule has 1 heterocycles. The molecule has 0 saturated carbocycles. The molecule has 1 fully saturated rings. The highest BCUT2D eigenvalue weighted by Gasteiger charge is 2.42. The highest BCUT2D eigenvalue weighted by atomic mass is 35.5. The first-order valence-electron chi connectivity index (χ1n) is 7.32. The summed E-state index contributed by atoms with van der Waals surface area (Å²) in [6.45, 7) is 0. The van der Waals surface area contributed by atoms with Gasteiger partial charge in [-0.1, -0.05) is 54.1 Å². The number of hydrogen-bond donors (Lipinski definition) is 1. The molecule has 1 aliphatic heterocycles. The van der Waals surface area contributed by atoms with Gasteiger partial charge in [-0.15, -0.1) is 0 Å². The topological polar surface area (TPSA) is 55.2 Å². The van der Waals surface area contributed by atoms with Gasteiger partial charge in [-0.3, -0.25) is 15.4 Å². The van der Waals surface area contributed by atoms with Crippen LogP contribution in [0, 0.1) is 10.1 Å². The molecule has 2 aromatic rings. The van der Waals surface area contributed by atoms with Crippen LogP contribution in [0.15, 0.2) is 54.6 Å². The Labute approximate surface area is 134 Å². The Kier molecular flexibility index (Phi) is 4.41. The van der Waals surface area contributed by atoms with Crippen LogP contribution in [0.3, 0.4) is 0 Å². The Hall–Kier alpha value is -1.91. The summed E-state index contributed by atoms with van der Waals surface area (Å²) in [5.74, 6) is -0.124. The van der Waals surface area contributed by atoms with Crippen LogP contribution < -0.4 is 5.32 Å². The van der Waals surface area contributed by atoms with Crippen molar-refractivity contribution in [2.45, 2.75) is 31.0 Å². The van der Waals surface area contributed by atoms with E-state index in [-0.39, 0.29) is 16.9 Å². The van der Waals surface area contributed by atoms with E-state index < -0.39 is 6.17 Å². The van der Waals surface area contributed by atoms with Crippen LogP contribution in [-0.2, 0) is 6.42 Å². The first kappa shape index (κ1) is 15.0. The van der Waals surface area contributed by atoms with Gasteiger partial charge in [-0.05, 0) is 36.1 Å². The van der Waals surface area contributed by atoms with Crippen LogP contribution in [0.2, 0.25) is 5.02 Å². The minimum absolute atomic E-state index is 0.110. The largest absolute Gasteiger partial charge is 0.273 e. The van der Waals surface area contributed by atoms with Crippen molar-refractivity contribution in [2.24, 2.45) is 0 Å². The van der Waals surface area contributed by atoms with Gasteiger partial charge in [0.1, 0.15) is 0 Å². The number of benzene rings is 2. The molecule has 22 heavy (non-hydrogen) atoms. The lowest BCUT2D eigenvalue weighted by atomic mass is 9.92. The SMILES string of the molecule is O=[N+]([O-])C1NC(Cc2ccccc2)CC1c1ccc(Cl)cc1. The predicted molar refractivity (Wildman–Crippen MR) is 86.7 cm³/mol. The smallest absolute Gasteiger partial charge is 0.263 e. The number of hydrogen-bond acceptors (Lipinski definition) is 3. The Morgan fingerprint density at radius 1 is 1.14 bits per heavy atom. The Balaban J connectivity index is 1.77. The first-order chi connectivity index (χ1) is 10.6. The molecule has 3 atom stereocenters. The van der Waals surface area contributed by atoms with Gasteiger partial charge in [0.15, 0.2) is 0 Å². The lowest BCUT2D eigenvalue weighted by molar-refractivity contribution is -0.529. The molecule has 1 N–H and O–H groups in total. The summed E-state index contributed by atoms with van der Waals surface area (Å²) in [6.07, 6.45) is 0.812. The second kappa shape index (κ2) is 6.46. The van der Waals surface area contributed by atoms with Gasteiger partial charge in [0, 0.05) is 16.0 Å². The molecule has 0 bridgehead atoms. The maximum Gasteiger partial charge on any atom is 0.273 e. The van der Waals surface area contributed by atoms with E-state index in [2.05, 4.69) is 17.4 Å². The maximum atomic E-state index is 11.4. The molecule has 0 radical (unpaired) electrons. The van der Waals surface area contributed by atoms with Crippen molar-refractivity contribution in [2.75, 3.05) is 0 Å². The minimum Gasteiger partial charge on any atom is -0.263 e. The van der Waals surface area contributed by atoms with Gasteiger partial charge in [-0.2, -0.15) is 0 Å². The minimum atomic E-state index is -0.741. The van der Waals surface area contributed by atoms with Gasteiger partial charge < -0.3 is 0 Å². The second-order valence-electron chi connectivity index (χ2n) is 5.68. The number of halogens is 1. The summed E-state index contributed by atoms with van der Waals surface area (Å²) in [6, 6.07) is 17.5. The lowest BCUT2D eigenvalue weighted by Crippen LogP contribution is -2.38. The van der Waals surface area contributed by atoms with E-state index in [4.69, 9.17) is 11.6 Å². The van der Waals surface area contributed by atoms with Crippen LogP contribution in [0.25, 0.3) is 0 Å². The number of nitro groups is 1. The fourth-order valence-electron chi connectivity index (χ4n) is 3.14. The molecular weight excluding hydrogens is 300 g/mol. The average molecular weight is 317 g/mol. The molecule has 5 heteroatoms. The molecule has 114 valence electrons. The van der Waals surface area contributed by atoms with Crippen LogP contribution in [0.5, 0.6) is 0 Å². The molecule has 1 saturated heterocycles. The van der Waals surface area contributed by atoms with Crippen molar-refractivity contribution in [3.8, 4) is 0 Å². The molecule has 1 aliphatic rings. The number of rotatable bonds is 4. The van der Waals surface area contributed by atoms with Gasteiger partial charge in [0.2, 0.25) is 0 Å². The molecule has 0 amide bonds. The molecular formula is C17H17ClN2O2. The average Bonchev–Trinajstić information content (AvgIpc) is 2.93. The summed E-state index contributed by atoms with van der Waals surface area (Å²) in [4.78, 5) is 11.1. The van der Waals surface area contributed by atoms with Gasteiger partial charge in [0.25, 0.3) is 6.17 Å².